The lowest BCUT2D eigenvalue weighted by molar-refractivity contribution is 0.0692. The predicted molar refractivity (Wildman–Crippen MR) is 89.6 cm³/mol. The molecule has 1 N–H and O–H groups in total. The molecule has 0 bridgehead atoms. The molecule has 23 heavy (non-hydrogen) atoms. The van der Waals surface area contributed by atoms with Crippen LogP contribution in [-0.4, -0.2) is 46.6 Å². The molecule has 1 fully saturated rings. The van der Waals surface area contributed by atoms with E-state index in [1.165, 1.54) is 6.39 Å². The second-order valence-electron chi connectivity index (χ2n) is 5.48. The van der Waals surface area contributed by atoms with Gasteiger partial charge in [0.05, 0.1) is 0 Å². The monoisotopic (exact) mass is 336 g/mol. The second-order valence-corrected chi connectivity index (χ2v) is 5.48. The van der Waals surface area contributed by atoms with Crippen molar-refractivity contribution < 1.29 is 9.32 Å². The molecule has 124 valence electrons. The van der Waals surface area contributed by atoms with Gasteiger partial charge in [-0.25, -0.2) is 0 Å². The Morgan fingerprint density at radius 1 is 1.39 bits per heavy atom. The van der Waals surface area contributed by atoms with Gasteiger partial charge < -0.3 is 14.7 Å². The van der Waals surface area contributed by atoms with Crippen LogP contribution in [0.1, 0.15) is 30.1 Å². The first-order chi connectivity index (χ1) is 10.8. The highest BCUT2D eigenvalue weighted by Gasteiger charge is 2.26. The zero-order valence-corrected chi connectivity index (χ0v) is 13.9. The molecule has 1 amide bonds. The molecule has 1 aromatic heterocycles. The Balaban J connectivity index is 0.00000192. The lowest BCUT2D eigenvalue weighted by Crippen LogP contribution is -2.42. The first kappa shape index (κ1) is 17.4. The average molecular weight is 337 g/mol. The third-order valence-corrected chi connectivity index (χ3v) is 3.95. The van der Waals surface area contributed by atoms with Gasteiger partial charge in [0.25, 0.3) is 5.91 Å². The van der Waals surface area contributed by atoms with E-state index >= 15 is 0 Å². The number of halogens is 1. The smallest absolute Gasteiger partial charge is 0.254 e. The SMILES string of the molecule is CCCN(C(=O)c1ccc(-c2ncon2)cc1)C1CCNC1.Cl. The van der Waals surface area contributed by atoms with Gasteiger partial charge in [-0.2, -0.15) is 4.98 Å². The van der Waals surface area contributed by atoms with E-state index in [-0.39, 0.29) is 18.3 Å². The van der Waals surface area contributed by atoms with Crippen molar-refractivity contribution in [3.8, 4) is 11.4 Å². The first-order valence-corrected chi connectivity index (χ1v) is 7.68. The van der Waals surface area contributed by atoms with Gasteiger partial charge >= 0.3 is 0 Å². The third-order valence-electron chi connectivity index (χ3n) is 3.95. The Kier molecular flexibility index (Phi) is 6.12. The molecule has 1 unspecified atom stereocenters. The highest BCUT2D eigenvalue weighted by molar-refractivity contribution is 5.94. The molecule has 0 radical (unpaired) electrons. The van der Waals surface area contributed by atoms with Crippen molar-refractivity contribution in [1.82, 2.24) is 20.4 Å². The normalized spacial score (nSPS) is 16.8. The summed E-state index contributed by atoms with van der Waals surface area (Å²) in [6.45, 7) is 4.75. The fraction of sp³-hybridized carbons (Fsp3) is 0.438. The lowest BCUT2D eigenvalue weighted by atomic mass is 10.1. The van der Waals surface area contributed by atoms with Gasteiger partial charge in [-0.15, -0.1) is 12.4 Å². The summed E-state index contributed by atoms with van der Waals surface area (Å²) in [4.78, 5) is 18.8. The van der Waals surface area contributed by atoms with E-state index in [2.05, 4.69) is 22.4 Å². The van der Waals surface area contributed by atoms with Gasteiger partial charge in [0, 0.05) is 30.3 Å². The third kappa shape index (κ3) is 3.89. The maximum atomic E-state index is 12.8. The van der Waals surface area contributed by atoms with E-state index in [0.717, 1.165) is 38.0 Å². The number of nitrogens with zero attached hydrogens (tertiary/aromatic N) is 3. The topological polar surface area (TPSA) is 71.3 Å². The molecular weight excluding hydrogens is 316 g/mol. The Morgan fingerprint density at radius 2 is 2.17 bits per heavy atom. The van der Waals surface area contributed by atoms with Crippen LogP contribution in [0, 0.1) is 0 Å². The van der Waals surface area contributed by atoms with E-state index in [4.69, 9.17) is 4.52 Å². The van der Waals surface area contributed by atoms with Crippen molar-refractivity contribution in [2.45, 2.75) is 25.8 Å². The molecule has 1 saturated heterocycles. The van der Waals surface area contributed by atoms with Crippen LogP contribution in [0.15, 0.2) is 35.2 Å². The molecule has 0 aliphatic carbocycles. The molecule has 2 heterocycles. The number of rotatable bonds is 5. The van der Waals surface area contributed by atoms with Gasteiger partial charge in [0.1, 0.15) is 0 Å². The lowest BCUT2D eigenvalue weighted by Gasteiger charge is -2.28. The number of hydrogen-bond donors (Lipinski definition) is 1. The summed E-state index contributed by atoms with van der Waals surface area (Å²) < 4.78 is 4.74. The van der Waals surface area contributed by atoms with E-state index < -0.39 is 0 Å². The summed E-state index contributed by atoms with van der Waals surface area (Å²) in [6.07, 6.45) is 3.28. The van der Waals surface area contributed by atoms with E-state index in [1.54, 1.807) is 0 Å². The van der Waals surface area contributed by atoms with Gasteiger partial charge in [0.15, 0.2) is 0 Å². The van der Waals surface area contributed by atoms with Crippen LogP contribution in [-0.2, 0) is 0 Å². The number of carbonyl (C=O) groups excluding carboxylic acids is 1. The van der Waals surface area contributed by atoms with Crippen molar-refractivity contribution in [3.05, 3.63) is 36.2 Å². The molecule has 0 spiro atoms. The molecular formula is C16H21ClN4O2. The number of carbonyl (C=O) groups is 1. The number of amides is 1. The van der Waals surface area contributed by atoms with Crippen molar-refractivity contribution in [1.29, 1.82) is 0 Å². The molecule has 7 heteroatoms. The standard InChI is InChI=1S/C16H20N4O2.ClH/c1-2-9-20(14-7-8-17-10-14)16(21)13-5-3-12(4-6-13)15-18-11-22-19-15;/h3-6,11,14,17H,2,7-10H2,1H3;1H. The largest absolute Gasteiger partial charge is 0.342 e. The van der Waals surface area contributed by atoms with Crippen LogP contribution >= 0.6 is 12.4 Å². The minimum atomic E-state index is 0. The van der Waals surface area contributed by atoms with Crippen molar-refractivity contribution in [2.24, 2.45) is 0 Å². The maximum Gasteiger partial charge on any atom is 0.254 e. The fourth-order valence-electron chi connectivity index (χ4n) is 2.82. The number of aromatic nitrogens is 2. The quantitative estimate of drug-likeness (QED) is 0.907. The van der Waals surface area contributed by atoms with Gasteiger partial charge in [-0.3, -0.25) is 4.79 Å². The van der Waals surface area contributed by atoms with E-state index in [0.29, 0.717) is 17.4 Å². The highest BCUT2D eigenvalue weighted by Crippen LogP contribution is 2.18. The van der Waals surface area contributed by atoms with Gasteiger partial charge in [-0.1, -0.05) is 24.2 Å². The molecule has 1 aliphatic rings. The first-order valence-electron chi connectivity index (χ1n) is 7.68. The number of nitrogens with one attached hydrogen (secondary N) is 1. The minimum Gasteiger partial charge on any atom is -0.342 e. The van der Waals surface area contributed by atoms with Gasteiger partial charge in [-0.05, 0) is 31.5 Å². The highest BCUT2D eigenvalue weighted by atomic mass is 35.5. The van der Waals surface area contributed by atoms with Crippen molar-refractivity contribution in [2.75, 3.05) is 19.6 Å². The van der Waals surface area contributed by atoms with Crippen LogP contribution in [0.3, 0.4) is 0 Å². The van der Waals surface area contributed by atoms with Crippen molar-refractivity contribution >= 4 is 18.3 Å². The second kappa shape index (κ2) is 8.08. The summed E-state index contributed by atoms with van der Waals surface area (Å²) in [5.41, 5.74) is 1.54. The molecule has 3 rings (SSSR count). The molecule has 2 aromatic rings. The molecule has 1 aliphatic heterocycles. The van der Waals surface area contributed by atoms with Crippen LogP contribution in [0.25, 0.3) is 11.4 Å². The molecule has 1 aromatic carbocycles. The predicted octanol–water partition coefficient (Wildman–Crippen LogP) is 2.37. The Bertz CT molecular complexity index is 610. The Labute approximate surface area is 141 Å². The zero-order chi connectivity index (χ0) is 15.4. The van der Waals surface area contributed by atoms with Crippen LogP contribution in [0.2, 0.25) is 0 Å². The molecule has 1 atom stereocenters. The fourth-order valence-corrected chi connectivity index (χ4v) is 2.82. The summed E-state index contributed by atoms with van der Waals surface area (Å²) in [5, 5.41) is 7.12. The molecule has 6 nitrogen and oxygen atoms in total. The maximum absolute atomic E-state index is 12.8. The van der Waals surface area contributed by atoms with Crippen LogP contribution < -0.4 is 5.32 Å². The number of hydrogen-bond acceptors (Lipinski definition) is 5. The van der Waals surface area contributed by atoms with Crippen LogP contribution in [0.5, 0.6) is 0 Å². The summed E-state index contributed by atoms with van der Waals surface area (Å²) in [7, 11) is 0. The summed E-state index contributed by atoms with van der Waals surface area (Å²) in [6, 6.07) is 7.67. The summed E-state index contributed by atoms with van der Waals surface area (Å²) in [5.74, 6) is 0.625. The van der Waals surface area contributed by atoms with Crippen molar-refractivity contribution in [3.63, 3.8) is 0 Å². The van der Waals surface area contributed by atoms with E-state index in [9.17, 15) is 4.79 Å². The summed E-state index contributed by atoms with van der Waals surface area (Å²) >= 11 is 0. The molecule has 0 saturated carbocycles. The van der Waals surface area contributed by atoms with Gasteiger partial charge in [0.2, 0.25) is 12.2 Å². The Morgan fingerprint density at radius 3 is 2.74 bits per heavy atom. The average Bonchev–Trinajstić information content (AvgIpc) is 3.25. The zero-order valence-electron chi connectivity index (χ0n) is 13.1. The Hall–Kier alpha value is -1.92. The minimum absolute atomic E-state index is 0. The van der Waals surface area contributed by atoms with E-state index in [1.807, 2.05) is 29.2 Å². The van der Waals surface area contributed by atoms with Crippen LogP contribution in [0.4, 0.5) is 0 Å². The number of benzene rings is 1.